The molecule has 1 rings (SSSR count). The molecule has 1 N–H and O–H groups in total. The summed E-state index contributed by atoms with van der Waals surface area (Å²) < 4.78 is 2.06. The highest BCUT2D eigenvalue weighted by molar-refractivity contribution is 14.1. The first-order valence-electron chi connectivity index (χ1n) is 3.87. The van der Waals surface area contributed by atoms with Gasteiger partial charge in [0.05, 0.1) is 0 Å². The number of hydrogen-bond donors (Lipinski definition) is 1. The van der Waals surface area contributed by atoms with Crippen LogP contribution in [-0.4, -0.2) is 11.1 Å². The zero-order valence-corrected chi connectivity index (χ0v) is 11.2. The van der Waals surface area contributed by atoms with Crippen LogP contribution in [0.3, 0.4) is 0 Å². The molecule has 1 aromatic carbocycles. The van der Waals surface area contributed by atoms with Crippen LogP contribution in [0, 0.1) is 10.5 Å². The monoisotopic (exact) mass is 366 g/mol. The molecular formula is C10H8BrIO2. The lowest BCUT2D eigenvalue weighted by Crippen LogP contribution is -1.88. The van der Waals surface area contributed by atoms with E-state index in [1.165, 1.54) is 0 Å². The average molecular weight is 367 g/mol. The van der Waals surface area contributed by atoms with E-state index in [-0.39, 0.29) is 0 Å². The lowest BCUT2D eigenvalue weighted by Gasteiger charge is -2.02. The second-order valence-corrected chi connectivity index (χ2v) is 4.81. The van der Waals surface area contributed by atoms with Gasteiger partial charge in [-0.25, -0.2) is 4.79 Å². The van der Waals surface area contributed by atoms with Gasteiger partial charge in [-0.1, -0.05) is 15.9 Å². The van der Waals surface area contributed by atoms with Crippen LogP contribution in [-0.2, 0) is 4.79 Å². The van der Waals surface area contributed by atoms with Crippen molar-refractivity contribution in [2.24, 2.45) is 0 Å². The summed E-state index contributed by atoms with van der Waals surface area (Å²) in [6, 6.07) is 3.92. The van der Waals surface area contributed by atoms with E-state index in [0.717, 1.165) is 25.2 Å². The standard InChI is InChI=1S/C10H8BrIO2/c1-6-4-7(2-3-10(13)14)9(12)5-8(6)11/h2-5H,1H3,(H,13,14)/b3-2+. The summed E-state index contributed by atoms with van der Waals surface area (Å²) in [4.78, 5) is 10.3. The van der Waals surface area contributed by atoms with E-state index in [1.807, 2.05) is 19.1 Å². The maximum atomic E-state index is 10.3. The molecule has 1 aromatic rings. The molecule has 74 valence electrons. The minimum Gasteiger partial charge on any atom is -0.478 e. The number of carboxylic acid groups (broad SMARTS) is 1. The number of carboxylic acids is 1. The smallest absolute Gasteiger partial charge is 0.328 e. The van der Waals surface area contributed by atoms with Gasteiger partial charge in [0.2, 0.25) is 0 Å². The summed E-state index contributed by atoms with van der Waals surface area (Å²) in [5, 5.41) is 8.49. The molecule has 0 saturated heterocycles. The third-order valence-corrected chi connectivity index (χ3v) is 3.47. The molecule has 4 heteroatoms. The van der Waals surface area contributed by atoms with Crippen LogP contribution in [0.5, 0.6) is 0 Å². The first kappa shape index (κ1) is 11.7. The fraction of sp³-hybridized carbons (Fsp3) is 0.100. The normalized spacial score (nSPS) is 10.8. The van der Waals surface area contributed by atoms with E-state index in [0.29, 0.717) is 0 Å². The Morgan fingerprint density at radius 1 is 1.57 bits per heavy atom. The summed E-state index contributed by atoms with van der Waals surface area (Å²) in [7, 11) is 0. The second-order valence-electron chi connectivity index (χ2n) is 2.79. The summed E-state index contributed by atoms with van der Waals surface area (Å²) in [6.07, 6.45) is 2.74. The van der Waals surface area contributed by atoms with Gasteiger partial charge in [0.1, 0.15) is 0 Å². The lowest BCUT2D eigenvalue weighted by molar-refractivity contribution is -0.131. The Bertz CT molecular complexity index is 399. The molecule has 0 spiro atoms. The van der Waals surface area contributed by atoms with Crippen molar-refractivity contribution in [3.05, 3.63) is 37.4 Å². The molecule has 14 heavy (non-hydrogen) atoms. The molecule has 0 unspecified atom stereocenters. The molecular weight excluding hydrogens is 359 g/mol. The summed E-state index contributed by atoms with van der Waals surface area (Å²) >= 11 is 5.59. The fourth-order valence-electron chi connectivity index (χ4n) is 0.968. The molecule has 0 aromatic heterocycles. The third kappa shape index (κ3) is 3.09. The van der Waals surface area contributed by atoms with Crippen LogP contribution in [0.4, 0.5) is 0 Å². The van der Waals surface area contributed by atoms with Crippen molar-refractivity contribution < 1.29 is 9.90 Å². The SMILES string of the molecule is Cc1cc(/C=C/C(=O)O)c(I)cc1Br. The molecule has 0 heterocycles. The number of aryl methyl sites for hydroxylation is 1. The van der Waals surface area contributed by atoms with Crippen molar-refractivity contribution in [1.29, 1.82) is 0 Å². The largest absolute Gasteiger partial charge is 0.478 e. The van der Waals surface area contributed by atoms with E-state index in [4.69, 9.17) is 5.11 Å². The number of carbonyl (C=O) groups is 1. The molecule has 0 saturated carbocycles. The Kier molecular flexibility index (Phi) is 4.12. The molecule has 0 bridgehead atoms. The molecule has 2 nitrogen and oxygen atoms in total. The number of hydrogen-bond acceptors (Lipinski definition) is 1. The predicted molar refractivity (Wildman–Crippen MR) is 68.3 cm³/mol. The van der Waals surface area contributed by atoms with Crippen molar-refractivity contribution >= 4 is 50.6 Å². The van der Waals surface area contributed by atoms with Crippen LogP contribution in [0.2, 0.25) is 0 Å². The van der Waals surface area contributed by atoms with Gasteiger partial charge >= 0.3 is 5.97 Å². The van der Waals surface area contributed by atoms with Crippen LogP contribution in [0.15, 0.2) is 22.7 Å². The fourth-order valence-corrected chi connectivity index (χ4v) is 2.39. The number of halogens is 2. The number of aliphatic carboxylic acids is 1. The number of benzene rings is 1. The third-order valence-electron chi connectivity index (χ3n) is 1.68. The van der Waals surface area contributed by atoms with Crippen molar-refractivity contribution in [1.82, 2.24) is 0 Å². The summed E-state index contributed by atoms with van der Waals surface area (Å²) in [6.45, 7) is 1.97. The van der Waals surface area contributed by atoms with Crippen LogP contribution in [0.25, 0.3) is 6.08 Å². The molecule has 0 aliphatic rings. The van der Waals surface area contributed by atoms with Gasteiger partial charge in [-0.05, 0) is 58.9 Å². The Morgan fingerprint density at radius 3 is 2.79 bits per heavy atom. The van der Waals surface area contributed by atoms with Gasteiger partial charge in [0.25, 0.3) is 0 Å². The van der Waals surface area contributed by atoms with Crippen molar-refractivity contribution in [2.75, 3.05) is 0 Å². The van der Waals surface area contributed by atoms with Crippen molar-refractivity contribution in [3.8, 4) is 0 Å². The Balaban J connectivity index is 3.10. The van der Waals surface area contributed by atoms with Crippen molar-refractivity contribution in [2.45, 2.75) is 6.92 Å². The van der Waals surface area contributed by atoms with Gasteiger partial charge < -0.3 is 5.11 Å². The van der Waals surface area contributed by atoms with E-state index in [1.54, 1.807) is 6.08 Å². The van der Waals surface area contributed by atoms with Gasteiger partial charge in [-0.2, -0.15) is 0 Å². The lowest BCUT2D eigenvalue weighted by atomic mass is 10.1. The van der Waals surface area contributed by atoms with E-state index >= 15 is 0 Å². The highest BCUT2D eigenvalue weighted by Crippen LogP contribution is 2.23. The topological polar surface area (TPSA) is 37.3 Å². The molecule has 0 radical (unpaired) electrons. The minimum atomic E-state index is -0.929. The van der Waals surface area contributed by atoms with Crippen LogP contribution >= 0.6 is 38.5 Å². The molecule has 0 aliphatic carbocycles. The van der Waals surface area contributed by atoms with E-state index in [2.05, 4.69) is 38.5 Å². The van der Waals surface area contributed by atoms with E-state index < -0.39 is 5.97 Å². The van der Waals surface area contributed by atoms with Crippen LogP contribution < -0.4 is 0 Å². The molecule has 0 aliphatic heterocycles. The highest BCUT2D eigenvalue weighted by Gasteiger charge is 2.01. The van der Waals surface area contributed by atoms with Gasteiger partial charge in [-0.15, -0.1) is 0 Å². The summed E-state index contributed by atoms with van der Waals surface area (Å²) in [5.74, 6) is -0.929. The average Bonchev–Trinajstić information content (AvgIpc) is 2.09. The quantitative estimate of drug-likeness (QED) is 0.642. The van der Waals surface area contributed by atoms with Crippen LogP contribution in [0.1, 0.15) is 11.1 Å². The highest BCUT2D eigenvalue weighted by atomic mass is 127. The Labute approximate surface area is 104 Å². The van der Waals surface area contributed by atoms with Crippen molar-refractivity contribution in [3.63, 3.8) is 0 Å². The molecule has 0 atom stereocenters. The minimum absolute atomic E-state index is 0.925. The van der Waals surface area contributed by atoms with Gasteiger partial charge in [0.15, 0.2) is 0 Å². The Hall–Kier alpha value is -0.360. The zero-order chi connectivity index (χ0) is 10.7. The molecule has 0 amide bonds. The maximum absolute atomic E-state index is 10.3. The zero-order valence-electron chi connectivity index (χ0n) is 7.42. The Morgan fingerprint density at radius 2 is 2.21 bits per heavy atom. The maximum Gasteiger partial charge on any atom is 0.328 e. The van der Waals surface area contributed by atoms with Gasteiger partial charge in [-0.3, -0.25) is 0 Å². The first-order valence-corrected chi connectivity index (χ1v) is 5.74. The predicted octanol–water partition coefficient (Wildman–Crippen LogP) is 3.46. The number of rotatable bonds is 2. The molecule has 0 fully saturated rings. The first-order chi connectivity index (χ1) is 6.50. The summed E-state index contributed by atoms with van der Waals surface area (Å²) in [5.41, 5.74) is 2.02. The second kappa shape index (κ2) is 4.93. The van der Waals surface area contributed by atoms with E-state index in [9.17, 15) is 4.79 Å². The van der Waals surface area contributed by atoms with Gasteiger partial charge in [0, 0.05) is 14.1 Å².